The first kappa shape index (κ1) is 28.8. The van der Waals surface area contributed by atoms with Gasteiger partial charge in [-0.25, -0.2) is 0 Å². The molecule has 0 aliphatic carbocycles. The van der Waals surface area contributed by atoms with E-state index in [1.54, 1.807) is 20.3 Å². The first-order valence-electron chi connectivity index (χ1n) is 13.8. The summed E-state index contributed by atoms with van der Waals surface area (Å²) < 4.78 is 22.6. The van der Waals surface area contributed by atoms with Gasteiger partial charge in [0, 0.05) is 18.1 Å². The van der Waals surface area contributed by atoms with Gasteiger partial charge >= 0.3 is 0 Å². The zero-order chi connectivity index (χ0) is 28.9. The van der Waals surface area contributed by atoms with E-state index in [2.05, 4.69) is 17.3 Å². The van der Waals surface area contributed by atoms with Crippen LogP contribution in [0.3, 0.4) is 0 Å². The van der Waals surface area contributed by atoms with Crippen molar-refractivity contribution in [3.63, 3.8) is 0 Å². The Balaban J connectivity index is 1.34. The van der Waals surface area contributed by atoms with Crippen molar-refractivity contribution < 1.29 is 28.5 Å². The molecular formula is C32H35ClN2O6. The number of benzene rings is 3. The maximum atomic E-state index is 13.3. The van der Waals surface area contributed by atoms with Crippen molar-refractivity contribution in [2.45, 2.75) is 57.0 Å². The Morgan fingerprint density at radius 1 is 0.829 bits per heavy atom. The molecule has 0 radical (unpaired) electrons. The van der Waals surface area contributed by atoms with Crippen LogP contribution >= 0.6 is 11.6 Å². The highest BCUT2D eigenvalue weighted by Gasteiger charge is 2.39. The normalized spacial score (nSPS) is 19.9. The van der Waals surface area contributed by atoms with Crippen LogP contribution in [0.1, 0.15) is 47.2 Å². The Kier molecular flexibility index (Phi) is 9.00. The van der Waals surface area contributed by atoms with Crippen LogP contribution in [0, 0.1) is 0 Å². The largest absolute Gasteiger partial charge is 0.497 e. The molecule has 2 bridgehead atoms. The standard InChI is InChI=1S/C32H35ClN2O6/c1-35-23-8-9-24(35)17-22(16-23)34-32(37)30(36)27-14-15-28(40-18-20-4-10-25(38-2)11-5-20)31(29(27)33)41-19-21-6-12-26(39-3)13-7-21/h4-7,10-15,22-24H,8-9,16-19H2,1-3H3,(H,34,37)/t22-,23+,24-. The quantitative estimate of drug-likeness (QED) is 0.239. The number of Topliss-reactive ketones (excluding diaryl/α,β-unsaturated/α-hetero) is 1. The Labute approximate surface area is 245 Å². The van der Waals surface area contributed by atoms with E-state index in [0.29, 0.717) is 17.8 Å². The van der Waals surface area contributed by atoms with Gasteiger partial charge in [0.15, 0.2) is 11.5 Å². The lowest BCUT2D eigenvalue weighted by Crippen LogP contribution is -2.50. The Morgan fingerprint density at radius 3 is 1.90 bits per heavy atom. The van der Waals surface area contributed by atoms with E-state index < -0.39 is 11.7 Å². The molecule has 0 aromatic heterocycles. The summed E-state index contributed by atoms with van der Waals surface area (Å²) in [4.78, 5) is 28.7. The molecule has 1 N–H and O–H groups in total. The van der Waals surface area contributed by atoms with Crippen molar-refractivity contribution in [3.05, 3.63) is 82.4 Å². The second kappa shape index (κ2) is 12.8. The Morgan fingerprint density at radius 2 is 1.37 bits per heavy atom. The zero-order valence-electron chi connectivity index (χ0n) is 23.5. The molecule has 3 aromatic rings. The van der Waals surface area contributed by atoms with Crippen molar-refractivity contribution in [3.8, 4) is 23.0 Å². The summed E-state index contributed by atoms with van der Waals surface area (Å²) in [6.07, 6.45) is 3.93. The molecule has 2 aliphatic heterocycles. The van der Waals surface area contributed by atoms with Crippen LogP contribution in [0.25, 0.3) is 0 Å². The fraction of sp³-hybridized carbons (Fsp3) is 0.375. The molecule has 1 amide bonds. The van der Waals surface area contributed by atoms with Crippen LogP contribution in [-0.4, -0.2) is 56.0 Å². The van der Waals surface area contributed by atoms with Crippen molar-refractivity contribution >= 4 is 23.3 Å². The number of nitrogens with zero attached hydrogens (tertiary/aromatic N) is 1. The number of hydrogen-bond donors (Lipinski definition) is 1. The van der Waals surface area contributed by atoms with E-state index in [0.717, 1.165) is 48.3 Å². The lowest BCUT2D eigenvalue weighted by Gasteiger charge is -2.36. The monoisotopic (exact) mass is 578 g/mol. The highest BCUT2D eigenvalue weighted by Crippen LogP contribution is 2.39. The van der Waals surface area contributed by atoms with Crippen LogP contribution in [-0.2, 0) is 18.0 Å². The predicted octanol–water partition coefficient (Wildman–Crippen LogP) is 5.44. The molecule has 8 nitrogen and oxygen atoms in total. The molecule has 216 valence electrons. The molecule has 2 saturated heterocycles. The smallest absolute Gasteiger partial charge is 0.292 e. The third-order valence-electron chi connectivity index (χ3n) is 8.04. The molecule has 3 atom stereocenters. The van der Waals surface area contributed by atoms with Gasteiger partial charge in [-0.1, -0.05) is 35.9 Å². The summed E-state index contributed by atoms with van der Waals surface area (Å²) in [5.74, 6) is 0.683. The van der Waals surface area contributed by atoms with Crippen molar-refractivity contribution in [2.75, 3.05) is 21.3 Å². The molecule has 41 heavy (non-hydrogen) atoms. The predicted molar refractivity (Wildman–Crippen MR) is 156 cm³/mol. The number of methoxy groups -OCH3 is 2. The lowest BCUT2D eigenvalue weighted by molar-refractivity contribution is -0.118. The van der Waals surface area contributed by atoms with Crippen LogP contribution < -0.4 is 24.3 Å². The number of fused-ring (bicyclic) bond motifs is 2. The molecular weight excluding hydrogens is 544 g/mol. The number of hydrogen-bond acceptors (Lipinski definition) is 7. The van der Waals surface area contributed by atoms with Gasteiger partial charge in [0.25, 0.3) is 11.7 Å². The number of nitrogens with one attached hydrogen (secondary N) is 1. The van der Waals surface area contributed by atoms with Gasteiger partial charge in [-0.3, -0.25) is 9.59 Å². The van der Waals surface area contributed by atoms with E-state index in [9.17, 15) is 9.59 Å². The molecule has 2 aliphatic rings. The molecule has 5 rings (SSSR count). The first-order chi connectivity index (χ1) is 19.9. The molecule has 9 heteroatoms. The van der Waals surface area contributed by atoms with Gasteiger partial charge in [0.2, 0.25) is 0 Å². The molecule has 0 spiro atoms. The molecule has 3 aromatic carbocycles. The highest BCUT2D eigenvalue weighted by molar-refractivity contribution is 6.47. The minimum Gasteiger partial charge on any atom is -0.497 e. The van der Waals surface area contributed by atoms with Gasteiger partial charge in [0.05, 0.1) is 24.8 Å². The van der Waals surface area contributed by atoms with Crippen LogP contribution in [0.5, 0.6) is 23.0 Å². The molecule has 0 unspecified atom stereocenters. The number of ether oxygens (including phenoxy) is 4. The highest BCUT2D eigenvalue weighted by atomic mass is 35.5. The van der Waals surface area contributed by atoms with Crippen molar-refractivity contribution in [1.29, 1.82) is 0 Å². The van der Waals surface area contributed by atoms with E-state index in [4.69, 9.17) is 30.5 Å². The maximum absolute atomic E-state index is 13.3. The van der Waals surface area contributed by atoms with Crippen LogP contribution in [0.4, 0.5) is 0 Å². The minimum absolute atomic E-state index is 0.0307. The summed E-state index contributed by atoms with van der Waals surface area (Å²) in [6.45, 7) is 0.413. The van der Waals surface area contributed by atoms with Gasteiger partial charge in [-0.15, -0.1) is 0 Å². The van der Waals surface area contributed by atoms with Gasteiger partial charge in [-0.2, -0.15) is 0 Å². The fourth-order valence-corrected chi connectivity index (χ4v) is 5.92. The number of rotatable bonds is 11. The average molecular weight is 579 g/mol. The topological polar surface area (TPSA) is 86.3 Å². The van der Waals surface area contributed by atoms with Crippen LogP contribution in [0.15, 0.2) is 60.7 Å². The average Bonchev–Trinajstić information content (AvgIpc) is 3.19. The van der Waals surface area contributed by atoms with E-state index >= 15 is 0 Å². The summed E-state index contributed by atoms with van der Waals surface area (Å²) in [7, 11) is 5.35. The van der Waals surface area contributed by atoms with E-state index in [-0.39, 0.29) is 35.6 Å². The third-order valence-corrected chi connectivity index (χ3v) is 8.42. The molecule has 2 fully saturated rings. The molecule has 2 heterocycles. The number of carbonyl (C=O) groups is 2. The summed E-state index contributed by atoms with van der Waals surface area (Å²) in [5.41, 5.74) is 1.85. The fourth-order valence-electron chi connectivity index (χ4n) is 5.62. The van der Waals surface area contributed by atoms with Crippen molar-refractivity contribution in [2.24, 2.45) is 0 Å². The number of halogens is 1. The van der Waals surface area contributed by atoms with Gasteiger partial charge < -0.3 is 29.2 Å². The van der Waals surface area contributed by atoms with Gasteiger partial charge in [-0.05, 0) is 80.3 Å². The number of ketones is 1. The summed E-state index contributed by atoms with van der Waals surface area (Å²) >= 11 is 6.76. The lowest BCUT2D eigenvalue weighted by atomic mass is 9.97. The van der Waals surface area contributed by atoms with E-state index in [1.807, 2.05) is 48.5 Å². The summed E-state index contributed by atoms with van der Waals surface area (Å²) in [5, 5.41) is 2.99. The number of carbonyl (C=O) groups excluding carboxylic acids is 2. The summed E-state index contributed by atoms with van der Waals surface area (Å²) in [6, 6.07) is 18.9. The molecule has 0 saturated carbocycles. The Bertz CT molecular complexity index is 1360. The SMILES string of the molecule is COc1ccc(COc2ccc(C(=O)C(=O)N[C@H]3C[C@H]4CC[C@@H](C3)N4C)c(Cl)c2OCc2ccc(OC)cc2)cc1. The Hall–Kier alpha value is -3.75. The van der Waals surface area contributed by atoms with E-state index in [1.165, 1.54) is 6.07 Å². The van der Waals surface area contributed by atoms with Crippen LogP contribution in [0.2, 0.25) is 5.02 Å². The first-order valence-corrected chi connectivity index (χ1v) is 14.1. The third kappa shape index (κ3) is 6.60. The second-order valence-electron chi connectivity index (χ2n) is 10.5. The van der Waals surface area contributed by atoms with Crippen molar-refractivity contribution in [1.82, 2.24) is 10.2 Å². The van der Waals surface area contributed by atoms with Gasteiger partial charge in [0.1, 0.15) is 24.7 Å². The maximum Gasteiger partial charge on any atom is 0.292 e. The minimum atomic E-state index is -0.697. The zero-order valence-corrected chi connectivity index (χ0v) is 24.3. The number of amides is 1. The number of piperidine rings is 1. The second-order valence-corrected chi connectivity index (χ2v) is 10.9.